The molecule has 9 heteroatoms. The summed E-state index contributed by atoms with van der Waals surface area (Å²) in [5.41, 5.74) is 4.17. The molecule has 5 rings (SSSR count). The fraction of sp³-hybridized carbons (Fsp3) is 0.308. The van der Waals surface area contributed by atoms with Gasteiger partial charge in [0.15, 0.2) is 0 Å². The normalized spacial score (nSPS) is 17.8. The van der Waals surface area contributed by atoms with Gasteiger partial charge in [0.1, 0.15) is 18.3 Å². The van der Waals surface area contributed by atoms with E-state index in [1.54, 1.807) is 20.9 Å². The summed E-state index contributed by atoms with van der Waals surface area (Å²) in [5.74, 6) is -1.67. The van der Waals surface area contributed by atoms with E-state index in [-0.39, 0.29) is 23.9 Å². The number of hydrogen-bond acceptors (Lipinski definition) is 5. The van der Waals surface area contributed by atoms with Crippen molar-refractivity contribution >= 4 is 23.7 Å². The Kier molecular flexibility index (Phi) is 5.35. The van der Waals surface area contributed by atoms with Crippen molar-refractivity contribution in [3.63, 3.8) is 0 Å². The Bertz CT molecular complexity index is 1300. The van der Waals surface area contributed by atoms with E-state index in [0.717, 1.165) is 22.3 Å². The van der Waals surface area contributed by atoms with Crippen LogP contribution in [0.15, 0.2) is 54.7 Å². The van der Waals surface area contributed by atoms with Gasteiger partial charge in [0.2, 0.25) is 0 Å². The summed E-state index contributed by atoms with van der Waals surface area (Å²) in [6.07, 6.45) is 0.641. The van der Waals surface area contributed by atoms with Gasteiger partial charge in [-0.25, -0.2) is 9.59 Å². The van der Waals surface area contributed by atoms with E-state index in [1.807, 2.05) is 36.4 Å². The number of carboxylic acids is 1. The zero-order valence-electron chi connectivity index (χ0n) is 19.7. The minimum Gasteiger partial charge on any atom is -0.480 e. The second-order valence-electron chi connectivity index (χ2n) is 9.64. The Morgan fingerprint density at radius 2 is 1.69 bits per heavy atom. The lowest BCUT2D eigenvalue weighted by Gasteiger charge is -2.51. The lowest BCUT2D eigenvalue weighted by Crippen LogP contribution is -2.67. The van der Waals surface area contributed by atoms with Crippen molar-refractivity contribution in [3.05, 3.63) is 71.5 Å². The minimum atomic E-state index is -1.07. The molecule has 0 spiro atoms. The van der Waals surface area contributed by atoms with Crippen LogP contribution in [-0.4, -0.2) is 57.0 Å². The van der Waals surface area contributed by atoms with Gasteiger partial charge in [-0.1, -0.05) is 62.4 Å². The predicted molar refractivity (Wildman–Crippen MR) is 128 cm³/mol. The second-order valence-corrected chi connectivity index (χ2v) is 9.64. The number of rotatable bonds is 5. The Morgan fingerprint density at radius 1 is 1.09 bits per heavy atom. The molecule has 2 aliphatic rings. The van der Waals surface area contributed by atoms with E-state index in [9.17, 15) is 19.5 Å². The molecule has 0 saturated carbocycles. The number of hydrogen-bond donors (Lipinski definition) is 2. The number of carbonyl (C=O) groups is 3. The quantitative estimate of drug-likeness (QED) is 0.583. The summed E-state index contributed by atoms with van der Waals surface area (Å²) in [7, 11) is 1.57. The number of carbonyl (C=O) groups excluding carboxylic acids is 2. The number of nitrogens with one attached hydrogen (secondary N) is 1. The summed E-state index contributed by atoms with van der Waals surface area (Å²) in [5, 5.41) is 16.3. The van der Waals surface area contributed by atoms with Crippen molar-refractivity contribution < 1.29 is 24.2 Å². The van der Waals surface area contributed by atoms with Crippen molar-refractivity contribution in [1.82, 2.24) is 14.7 Å². The highest BCUT2D eigenvalue weighted by Gasteiger charge is 2.53. The first-order chi connectivity index (χ1) is 16.7. The molecule has 180 valence electrons. The molecule has 1 saturated heterocycles. The first-order valence-electron chi connectivity index (χ1n) is 11.4. The van der Waals surface area contributed by atoms with Crippen LogP contribution in [0.1, 0.15) is 41.4 Å². The van der Waals surface area contributed by atoms with Crippen LogP contribution in [0, 0.1) is 5.41 Å². The average Bonchev–Trinajstić information content (AvgIpc) is 3.33. The Hall–Kier alpha value is -4.14. The molecule has 1 atom stereocenters. The number of likely N-dealkylation sites (tertiary alicyclic amines) is 1. The van der Waals surface area contributed by atoms with Crippen molar-refractivity contribution in [2.24, 2.45) is 12.5 Å². The maximum Gasteiger partial charge on any atom is 0.411 e. The SMILES string of the molecule is Cn1ncc(NC(=O)OCC2c3ccccc3-c3ccccc32)c1C(=O)N1CC(C)(C)C1C(=O)O. The molecule has 2 N–H and O–H groups in total. The lowest BCUT2D eigenvalue weighted by atomic mass is 9.74. The van der Waals surface area contributed by atoms with Crippen LogP contribution in [0.2, 0.25) is 0 Å². The molecule has 1 fully saturated rings. The largest absolute Gasteiger partial charge is 0.480 e. The maximum absolute atomic E-state index is 13.2. The molecule has 1 aromatic heterocycles. The number of nitrogens with zero attached hydrogens (tertiary/aromatic N) is 3. The third-order valence-corrected chi connectivity index (χ3v) is 6.85. The maximum atomic E-state index is 13.2. The molecule has 1 aliphatic carbocycles. The number of fused-ring (bicyclic) bond motifs is 3. The second kappa shape index (κ2) is 8.26. The third kappa shape index (κ3) is 3.73. The number of aryl methyl sites for hydroxylation is 1. The van der Waals surface area contributed by atoms with Gasteiger partial charge in [-0.3, -0.25) is 14.8 Å². The fourth-order valence-electron chi connectivity index (χ4n) is 5.25. The lowest BCUT2D eigenvalue weighted by molar-refractivity contribution is -0.156. The monoisotopic (exact) mass is 474 g/mol. The topological polar surface area (TPSA) is 114 Å². The Balaban J connectivity index is 1.30. The third-order valence-electron chi connectivity index (χ3n) is 6.85. The van der Waals surface area contributed by atoms with Crippen LogP contribution < -0.4 is 5.32 Å². The molecule has 9 nitrogen and oxygen atoms in total. The van der Waals surface area contributed by atoms with E-state index in [1.165, 1.54) is 15.8 Å². The smallest absolute Gasteiger partial charge is 0.411 e. The molecule has 0 bridgehead atoms. The number of carboxylic acid groups (broad SMARTS) is 1. The average molecular weight is 475 g/mol. The van der Waals surface area contributed by atoms with Gasteiger partial charge in [-0.15, -0.1) is 0 Å². The van der Waals surface area contributed by atoms with E-state index < -0.39 is 29.4 Å². The van der Waals surface area contributed by atoms with E-state index >= 15 is 0 Å². The number of aliphatic carboxylic acids is 1. The van der Waals surface area contributed by atoms with Gasteiger partial charge in [0.05, 0.1) is 11.9 Å². The Labute approximate surface area is 202 Å². The standard InChI is InChI=1S/C26H26N4O5/c1-26(2)14-30(22(26)24(32)33)23(31)21-20(12-27-29(21)3)28-25(34)35-13-19-17-10-6-4-8-15(17)16-9-5-7-11-18(16)19/h4-12,19,22H,13-14H2,1-3H3,(H,28,34)(H,32,33). The number of anilines is 1. The van der Waals surface area contributed by atoms with Crippen LogP contribution >= 0.6 is 0 Å². The highest BCUT2D eigenvalue weighted by Crippen LogP contribution is 2.44. The molecule has 1 aliphatic heterocycles. The Morgan fingerprint density at radius 3 is 2.26 bits per heavy atom. The summed E-state index contributed by atoms with van der Waals surface area (Å²) in [6.45, 7) is 4.02. The number of aromatic nitrogens is 2. The van der Waals surface area contributed by atoms with Gasteiger partial charge in [0, 0.05) is 24.9 Å². The fourth-order valence-corrected chi connectivity index (χ4v) is 5.25. The van der Waals surface area contributed by atoms with Crippen LogP contribution in [0.4, 0.5) is 10.5 Å². The number of benzene rings is 2. The van der Waals surface area contributed by atoms with Crippen molar-refractivity contribution in [3.8, 4) is 11.1 Å². The molecule has 2 aromatic carbocycles. The van der Waals surface area contributed by atoms with Gasteiger partial charge < -0.3 is 14.7 Å². The van der Waals surface area contributed by atoms with Crippen molar-refractivity contribution in [1.29, 1.82) is 0 Å². The predicted octanol–water partition coefficient (Wildman–Crippen LogP) is 3.72. The molecule has 2 heterocycles. The molecule has 3 aromatic rings. The van der Waals surface area contributed by atoms with Crippen molar-refractivity contribution in [2.75, 3.05) is 18.5 Å². The summed E-state index contributed by atoms with van der Waals surface area (Å²) >= 11 is 0. The minimum absolute atomic E-state index is 0.0946. The summed E-state index contributed by atoms with van der Waals surface area (Å²) in [4.78, 5) is 38.9. The number of ether oxygens (including phenoxy) is 1. The van der Waals surface area contributed by atoms with Gasteiger partial charge >= 0.3 is 12.1 Å². The van der Waals surface area contributed by atoms with Crippen LogP contribution in [0.5, 0.6) is 0 Å². The molecular formula is C26H26N4O5. The van der Waals surface area contributed by atoms with E-state index in [0.29, 0.717) is 6.54 Å². The van der Waals surface area contributed by atoms with E-state index in [2.05, 4.69) is 22.5 Å². The van der Waals surface area contributed by atoms with Crippen LogP contribution in [0.25, 0.3) is 11.1 Å². The zero-order valence-corrected chi connectivity index (χ0v) is 19.7. The van der Waals surface area contributed by atoms with Crippen LogP contribution in [0.3, 0.4) is 0 Å². The van der Waals surface area contributed by atoms with Gasteiger partial charge in [-0.05, 0) is 22.3 Å². The van der Waals surface area contributed by atoms with E-state index in [4.69, 9.17) is 4.74 Å². The first kappa shape index (κ1) is 22.6. The molecule has 2 amide bonds. The molecule has 1 unspecified atom stereocenters. The highest BCUT2D eigenvalue weighted by molar-refractivity contribution is 6.03. The number of amides is 2. The van der Waals surface area contributed by atoms with Crippen molar-refractivity contribution in [2.45, 2.75) is 25.8 Å². The molecular weight excluding hydrogens is 448 g/mol. The summed E-state index contributed by atoms with van der Waals surface area (Å²) < 4.78 is 6.90. The van der Waals surface area contributed by atoms with Crippen LogP contribution in [-0.2, 0) is 16.6 Å². The first-order valence-corrected chi connectivity index (χ1v) is 11.4. The highest BCUT2D eigenvalue weighted by atomic mass is 16.5. The van der Waals surface area contributed by atoms with Gasteiger partial charge in [-0.2, -0.15) is 5.10 Å². The summed E-state index contributed by atoms with van der Waals surface area (Å²) in [6, 6.07) is 15.1. The van der Waals surface area contributed by atoms with Gasteiger partial charge in [0.25, 0.3) is 5.91 Å². The zero-order chi connectivity index (χ0) is 24.9. The molecule has 0 radical (unpaired) electrons. The molecule has 35 heavy (non-hydrogen) atoms.